The van der Waals surface area contributed by atoms with Gasteiger partial charge >= 0.3 is 5.97 Å². The molecular formula is C8H5I3O5S. The van der Waals surface area contributed by atoms with Crippen molar-refractivity contribution in [2.24, 2.45) is 0 Å². The Kier molecular flexibility index (Phi) is 5.87. The average Bonchev–Trinajstić information content (AvgIpc) is 2.10. The summed E-state index contributed by atoms with van der Waals surface area (Å²) in [5.41, 5.74) is 0. The number of rotatable bonds is 3. The highest BCUT2D eigenvalue weighted by Gasteiger charge is 2.17. The summed E-state index contributed by atoms with van der Waals surface area (Å²) in [4.78, 5) is 11.2. The van der Waals surface area contributed by atoms with Crippen LogP contribution in [0.4, 0.5) is 0 Å². The number of benzene rings is 1. The van der Waals surface area contributed by atoms with Crippen LogP contribution in [0.2, 0.25) is 0 Å². The lowest BCUT2D eigenvalue weighted by Gasteiger charge is -2.07. The molecule has 0 amide bonds. The van der Waals surface area contributed by atoms with Crippen LogP contribution in [0.5, 0.6) is 5.75 Å². The largest absolute Gasteiger partial charge is 0.424 e. The summed E-state index contributed by atoms with van der Waals surface area (Å²) in [7, 11) is -4.36. The van der Waals surface area contributed by atoms with Crippen molar-refractivity contribution in [1.29, 1.82) is 0 Å². The summed E-state index contributed by atoms with van der Waals surface area (Å²) in [6.07, 6.45) is 0. The SMILES string of the molecule is O=C(CS(=O)(=O)O)Oc1cc(I)cc(I)c1I. The quantitative estimate of drug-likeness (QED) is 0.191. The van der Waals surface area contributed by atoms with Crippen LogP contribution in [-0.2, 0) is 14.9 Å². The minimum Gasteiger partial charge on any atom is -0.424 e. The van der Waals surface area contributed by atoms with Gasteiger partial charge in [-0.25, -0.2) is 0 Å². The summed E-state index contributed by atoms with van der Waals surface area (Å²) < 4.78 is 36.9. The van der Waals surface area contributed by atoms with Crippen LogP contribution in [0.15, 0.2) is 12.1 Å². The van der Waals surface area contributed by atoms with Crippen LogP contribution in [0, 0.1) is 10.7 Å². The second-order valence-electron chi connectivity index (χ2n) is 2.90. The van der Waals surface area contributed by atoms with E-state index in [4.69, 9.17) is 9.29 Å². The zero-order chi connectivity index (χ0) is 13.2. The third-order valence-corrected chi connectivity index (χ3v) is 5.70. The number of halogens is 3. The number of esters is 1. The molecule has 0 fully saturated rings. The smallest absolute Gasteiger partial charge is 0.329 e. The third kappa shape index (κ3) is 5.52. The molecule has 1 N–H and O–H groups in total. The molecule has 0 unspecified atom stereocenters. The van der Waals surface area contributed by atoms with Crippen molar-refractivity contribution in [3.63, 3.8) is 0 Å². The van der Waals surface area contributed by atoms with Gasteiger partial charge < -0.3 is 4.74 Å². The van der Waals surface area contributed by atoms with E-state index in [1.807, 2.05) is 28.7 Å². The molecule has 0 aromatic heterocycles. The second-order valence-corrected chi connectivity index (χ2v) is 7.84. The fraction of sp³-hybridized carbons (Fsp3) is 0.125. The van der Waals surface area contributed by atoms with Gasteiger partial charge in [-0.2, -0.15) is 8.42 Å². The molecule has 0 aliphatic rings. The standard InChI is InChI=1S/C8H5I3O5S/c9-4-1-5(10)8(11)6(2-4)16-7(12)3-17(13,14)15/h1-2H,3H2,(H,13,14,15). The first-order valence-corrected chi connectivity index (χ1v) is 8.84. The molecule has 17 heavy (non-hydrogen) atoms. The number of ether oxygens (including phenoxy) is 1. The Morgan fingerprint density at radius 1 is 1.29 bits per heavy atom. The molecule has 0 saturated carbocycles. The molecule has 94 valence electrons. The highest BCUT2D eigenvalue weighted by atomic mass is 127. The van der Waals surface area contributed by atoms with E-state index in [1.165, 1.54) is 0 Å². The Bertz CT molecular complexity index is 555. The normalized spacial score (nSPS) is 11.3. The van der Waals surface area contributed by atoms with Crippen LogP contribution in [-0.4, -0.2) is 24.7 Å². The van der Waals surface area contributed by atoms with Crippen molar-refractivity contribution >= 4 is 83.9 Å². The Labute approximate surface area is 139 Å². The second kappa shape index (κ2) is 6.29. The van der Waals surface area contributed by atoms with Crippen molar-refractivity contribution in [1.82, 2.24) is 0 Å². The van der Waals surface area contributed by atoms with E-state index in [9.17, 15) is 13.2 Å². The fourth-order valence-electron chi connectivity index (χ4n) is 0.908. The molecule has 0 heterocycles. The van der Waals surface area contributed by atoms with E-state index >= 15 is 0 Å². The molecule has 0 radical (unpaired) electrons. The molecule has 0 saturated heterocycles. The minimum atomic E-state index is -4.36. The number of hydrogen-bond acceptors (Lipinski definition) is 4. The molecule has 1 aromatic carbocycles. The molecule has 0 spiro atoms. The van der Waals surface area contributed by atoms with E-state index in [0.29, 0.717) is 3.57 Å². The van der Waals surface area contributed by atoms with Crippen molar-refractivity contribution in [3.8, 4) is 5.75 Å². The first kappa shape index (κ1) is 15.8. The maximum atomic E-state index is 11.2. The Morgan fingerprint density at radius 2 is 1.88 bits per heavy atom. The molecular weight excluding hydrogens is 589 g/mol. The van der Waals surface area contributed by atoms with Crippen molar-refractivity contribution in [3.05, 3.63) is 22.8 Å². The summed E-state index contributed by atoms with van der Waals surface area (Å²) >= 11 is 6.13. The van der Waals surface area contributed by atoms with Crippen LogP contribution in [0.3, 0.4) is 0 Å². The van der Waals surface area contributed by atoms with Gasteiger partial charge in [0.25, 0.3) is 10.1 Å². The summed E-state index contributed by atoms with van der Waals surface area (Å²) in [6.45, 7) is 0. The van der Waals surface area contributed by atoms with E-state index in [0.717, 1.165) is 7.14 Å². The first-order chi connectivity index (χ1) is 7.69. The number of carbonyl (C=O) groups excluding carboxylic acids is 1. The van der Waals surface area contributed by atoms with Gasteiger partial charge in [-0.3, -0.25) is 9.35 Å². The maximum Gasteiger partial charge on any atom is 0.329 e. The lowest BCUT2D eigenvalue weighted by atomic mass is 10.3. The topological polar surface area (TPSA) is 80.7 Å². The van der Waals surface area contributed by atoms with E-state index in [1.54, 1.807) is 6.07 Å². The first-order valence-electron chi connectivity index (χ1n) is 3.99. The van der Waals surface area contributed by atoms with Gasteiger partial charge in [0.15, 0.2) is 5.75 Å². The molecule has 0 atom stereocenters. The Morgan fingerprint density at radius 3 is 2.41 bits per heavy atom. The average molecular weight is 594 g/mol. The predicted molar refractivity (Wildman–Crippen MR) is 86.6 cm³/mol. The molecule has 9 heteroatoms. The summed E-state index contributed by atoms with van der Waals surface area (Å²) in [6, 6.07) is 3.51. The zero-order valence-corrected chi connectivity index (χ0v) is 15.3. The molecule has 5 nitrogen and oxygen atoms in total. The molecule has 0 aliphatic heterocycles. The van der Waals surface area contributed by atoms with Crippen molar-refractivity contribution in [2.45, 2.75) is 0 Å². The van der Waals surface area contributed by atoms with Gasteiger partial charge in [0, 0.05) is 7.14 Å². The molecule has 1 aromatic rings. The molecule has 0 bridgehead atoms. The number of hydrogen-bond donors (Lipinski definition) is 1. The van der Waals surface area contributed by atoms with Gasteiger partial charge in [0.2, 0.25) is 0 Å². The van der Waals surface area contributed by atoms with E-state index in [-0.39, 0.29) is 5.75 Å². The predicted octanol–water partition coefficient (Wildman–Crippen LogP) is 2.29. The lowest BCUT2D eigenvalue weighted by molar-refractivity contribution is -0.131. The van der Waals surface area contributed by atoms with Crippen LogP contribution >= 0.6 is 67.8 Å². The Hall–Kier alpha value is 0.790. The van der Waals surface area contributed by atoms with Crippen LogP contribution in [0.25, 0.3) is 0 Å². The highest BCUT2D eigenvalue weighted by molar-refractivity contribution is 14.1. The molecule has 0 aliphatic carbocycles. The van der Waals surface area contributed by atoms with Gasteiger partial charge in [-0.05, 0) is 79.9 Å². The minimum absolute atomic E-state index is 0.288. The maximum absolute atomic E-state index is 11.2. The highest BCUT2D eigenvalue weighted by Crippen LogP contribution is 2.28. The van der Waals surface area contributed by atoms with Crippen LogP contribution in [0.1, 0.15) is 0 Å². The fourth-order valence-corrected chi connectivity index (χ4v) is 3.48. The monoisotopic (exact) mass is 594 g/mol. The van der Waals surface area contributed by atoms with Crippen molar-refractivity contribution in [2.75, 3.05) is 5.75 Å². The van der Waals surface area contributed by atoms with Gasteiger partial charge in [0.05, 0.1) is 3.57 Å². The van der Waals surface area contributed by atoms with E-state index in [2.05, 4.69) is 45.2 Å². The molecule has 1 rings (SSSR count). The summed E-state index contributed by atoms with van der Waals surface area (Å²) in [5, 5.41) is 0. The van der Waals surface area contributed by atoms with Gasteiger partial charge in [-0.15, -0.1) is 0 Å². The van der Waals surface area contributed by atoms with E-state index < -0.39 is 21.8 Å². The zero-order valence-electron chi connectivity index (χ0n) is 7.98. The van der Waals surface area contributed by atoms with Gasteiger partial charge in [0.1, 0.15) is 5.75 Å². The summed E-state index contributed by atoms with van der Waals surface area (Å²) in [5.74, 6) is -1.77. The number of carbonyl (C=O) groups is 1. The third-order valence-electron chi connectivity index (χ3n) is 1.48. The van der Waals surface area contributed by atoms with Crippen LogP contribution < -0.4 is 4.74 Å². The van der Waals surface area contributed by atoms with Crippen molar-refractivity contribution < 1.29 is 22.5 Å². The Balaban J connectivity index is 2.93. The lowest BCUT2D eigenvalue weighted by Crippen LogP contribution is -2.20. The van der Waals surface area contributed by atoms with Gasteiger partial charge in [-0.1, -0.05) is 0 Å².